The number of carbonyl (C=O) groups excluding carboxylic acids is 1. The molecule has 1 aromatic heterocycles. The van der Waals surface area contributed by atoms with E-state index in [4.69, 9.17) is 10.00 Å². The molecular weight excluding hydrogens is 294 g/mol. The van der Waals surface area contributed by atoms with Crippen LogP contribution in [0.2, 0.25) is 0 Å². The summed E-state index contributed by atoms with van der Waals surface area (Å²) in [5.41, 5.74) is 4.69. The van der Waals surface area contributed by atoms with Crippen LogP contribution in [-0.4, -0.2) is 28.7 Å². The van der Waals surface area contributed by atoms with Crippen LogP contribution in [0.3, 0.4) is 0 Å². The van der Waals surface area contributed by atoms with Crippen molar-refractivity contribution < 1.29 is 9.53 Å². The van der Waals surface area contributed by atoms with Gasteiger partial charge in [0, 0.05) is 17.3 Å². The average molecular weight is 311 g/mol. The molecule has 23 heavy (non-hydrogen) atoms. The number of hydrogen-bond acceptors (Lipinski definition) is 5. The zero-order chi connectivity index (χ0) is 16.5. The average Bonchev–Trinajstić information content (AvgIpc) is 2.97. The van der Waals surface area contributed by atoms with Crippen LogP contribution in [0.4, 0.5) is 4.79 Å². The second-order valence-electron chi connectivity index (χ2n) is 4.56. The third-order valence-corrected chi connectivity index (χ3v) is 2.92. The van der Waals surface area contributed by atoms with Gasteiger partial charge in [0.25, 0.3) is 0 Å². The number of nitrogens with one attached hydrogen (secondary N) is 1. The lowest BCUT2D eigenvalue weighted by Crippen LogP contribution is -2.18. The fraction of sp³-hybridized carbons (Fsp3) is 0.250. The largest absolute Gasteiger partial charge is 0.449 e. The smallest absolute Gasteiger partial charge is 0.427 e. The Morgan fingerprint density at radius 1 is 1.48 bits per heavy atom. The first-order valence-electron chi connectivity index (χ1n) is 7.20. The second kappa shape index (κ2) is 8.34. The SMILES string of the molecule is CCOC(=O)N/N=C\c1cn(CCC#N)nc1-c1ccccc1. The number of aryl methyl sites for hydroxylation is 1. The molecule has 1 aromatic carbocycles. The molecule has 2 rings (SSSR count). The highest BCUT2D eigenvalue weighted by atomic mass is 16.5. The van der Waals surface area contributed by atoms with Crippen LogP contribution in [0.5, 0.6) is 0 Å². The molecule has 0 radical (unpaired) electrons. The van der Waals surface area contributed by atoms with E-state index in [0.717, 1.165) is 16.8 Å². The summed E-state index contributed by atoms with van der Waals surface area (Å²) >= 11 is 0. The highest BCUT2D eigenvalue weighted by Crippen LogP contribution is 2.20. The molecule has 1 N–H and O–H groups in total. The van der Waals surface area contributed by atoms with Gasteiger partial charge in [0.15, 0.2) is 0 Å². The van der Waals surface area contributed by atoms with Crippen LogP contribution in [-0.2, 0) is 11.3 Å². The minimum absolute atomic E-state index is 0.280. The molecule has 0 fully saturated rings. The summed E-state index contributed by atoms with van der Waals surface area (Å²) in [6.07, 6.45) is 3.06. The van der Waals surface area contributed by atoms with E-state index >= 15 is 0 Å². The minimum Gasteiger partial charge on any atom is -0.449 e. The molecule has 0 bridgehead atoms. The fourth-order valence-corrected chi connectivity index (χ4v) is 1.95. The molecule has 0 unspecified atom stereocenters. The first kappa shape index (κ1) is 16.2. The number of ether oxygens (including phenoxy) is 1. The highest BCUT2D eigenvalue weighted by Gasteiger charge is 2.09. The molecule has 1 heterocycles. The molecule has 0 aliphatic heterocycles. The number of hydrogen-bond donors (Lipinski definition) is 1. The molecule has 0 spiro atoms. The first-order chi connectivity index (χ1) is 11.2. The van der Waals surface area contributed by atoms with Gasteiger partial charge in [-0.1, -0.05) is 30.3 Å². The zero-order valence-corrected chi connectivity index (χ0v) is 12.8. The summed E-state index contributed by atoms with van der Waals surface area (Å²) in [4.78, 5) is 11.2. The number of carbonyl (C=O) groups is 1. The number of aromatic nitrogens is 2. The van der Waals surface area contributed by atoms with E-state index in [2.05, 4.69) is 21.7 Å². The zero-order valence-electron chi connectivity index (χ0n) is 12.8. The van der Waals surface area contributed by atoms with Crippen molar-refractivity contribution in [2.24, 2.45) is 5.10 Å². The molecule has 7 heteroatoms. The molecular formula is C16H17N5O2. The van der Waals surface area contributed by atoms with Crippen LogP contribution in [0.15, 0.2) is 41.6 Å². The van der Waals surface area contributed by atoms with Crippen LogP contribution >= 0.6 is 0 Å². The van der Waals surface area contributed by atoms with Crippen molar-refractivity contribution in [2.75, 3.05) is 6.61 Å². The van der Waals surface area contributed by atoms with Gasteiger partial charge in [-0.05, 0) is 6.92 Å². The van der Waals surface area contributed by atoms with E-state index in [1.807, 2.05) is 30.3 Å². The van der Waals surface area contributed by atoms with Gasteiger partial charge in [-0.2, -0.15) is 15.5 Å². The van der Waals surface area contributed by atoms with E-state index in [1.165, 1.54) is 6.21 Å². The maximum absolute atomic E-state index is 11.2. The summed E-state index contributed by atoms with van der Waals surface area (Å²) in [6.45, 7) is 2.49. The number of nitriles is 1. The van der Waals surface area contributed by atoms with E-state index in [1.54, 1.807) is 17.8 Å². The van der Waals surface area contributed by atoms with Crippen LogP contribution in [0, 0.1) is 11.3 Å². The van der Waals surface area contributed by atoms with Gasteiger partial charge in [0.05, 0.1) is 31.9 Å². The summed E-state index contributed by atoms with van der Waals surface area (Å²) < 4.78 is 6.42. The Morgan fingerprint density at radius 2 is 2.26 bits per heavy atom. The quantitative estimate of drug-likeness (QED) is 0.655. The molecule has 0 atom stereocenters. The Hall–Kier alpha value is -3.14. The normalized spacial score (nSPS) is 10.4. The van der Waals surface area contributed by atoms with Gasteiger partial charge < -0.3 is 4.74 Å². The van der Waals surface area contributed by atoms with E-state index in [9.17, 15) is 4.79 Å². The molecule has 2 aromatic rings. The summed E-state index contributed by atoms with van der Waals surface area (Å²) in [5, 5.41) is 17.0. The maximum Gasteiger partial charge on any atom is 0.427 e. The minimum atomic E-state index is -0.609. The van der Waals surface area contributed by atoms with Crippen LogP contribution in [0.1, 0.15) is 18.9 Å². The van der Waals surface area contributed by atoms with Gasteiger partial charge in [-0.3, -0.25) is 4.68 Å². The van der Waals surface area contributed by atoms with Crippen LogP contribution in [0.25, 0.3) is 11.3 Å². The lowest BCUT2D eigenvalue weighted by atomic mass is 10.1. The molecule has 0 aliphatic carbocycles. The van der Waals surface area contributed by atoms with Crippen molar-refractivity contribution in [3.05, 3.63) is 42.1 Å². The van der Waals surface area contributed by atoms with Gasteiger partial charge in [-0.25, -0.2) is 10.2 Å². The van der Waals surface area contributed by atoms with Crippen molar-refractivity contribution in [3.8, 4) is 17.3 Å². The predicted molar refractivity (Wildman–Crippen MR) is 85.6 cm³/mol. The fourth-order valence-electron chi connectivity index (χ4n) is 1.95. The van der Waals surface area contributed by atoms with E-state index in [-0.39, 0.29) is 6.61 Å². The topological polar surface area (TPSA) is 92.3 Å². The van der Waals surface area contributed by atoms with Gasteiger partial charge in [-0.15, -0.1) is 0 Å². The third kappa shape index (κ3) is 4.68. The van der Waals surface area contributed by atoms with Crippen molar-refractivity contribution in [2.45, 2.75) is 19.9 Å². The Labute approximate surface area is 134 Å². The van der Waals surface area contributed by atoms with Gasteiger partial charge in [0.2, 0.25) is 0 Å². The van der Waals surface area contributed by atoms with Gasteiger partial charge >= 0.3 is 6.09 Å². The third-order valence-electron chi connectivity index (χ3n) is 2.92. The Morgan fingerprint density at radius 3 is 2.96 bits per heavy atom. The van der Waals surface area contributed by atoms with E-state index in [0.29, 0.717) is 13.0 Å². The predicted octanol–water partition coefficient (Wildman–Crippen LogP) is 2.54. The number of nitrogens with zero attached hydrogens (tertiary/aromatic N) is 4. The van der Waals surface area contributed by atoms with Crippen LogP contribution < -0.4 is 5.43 Å². The number of rotatable bonds is 6. The highest BCUT2D eigenvalue weighted by molar-refractivity contribution is 5.89. The second-order valence-corrected chi connectivity index (χ2v) is 4.56. The standard InChI is InChI=1S/C16H17N5O2/c1-2-23-16(22)19-18-11-14-12-21(10-6-9-17)20-15(14)13-7-4-3-5-8-13/h3-5,7-8,11-12H,2,6,10H2,1H3,(H,19,22)/b18-11-. The summed E-state index contributed by atoms with van der Waals surface area (Å²) in [6, 6.07) is 11.7. The van der Waals surface area contributed by atoms with Crippen molar-refractivity contribution >= 4 is 12.3 Å². The Kier molecular flexibility index (Phi) is 5.89. The maximum atomic E-state index is 11.2. The summed E-state index contributed by atoms with van der Waals surface area (Å²) in [5.74, 6) is 0. The van der Waals surface area contributed by atoms with Crippen molar-refractivity contribution in [3.63, 3.8) is 0 Å². The van der Waals surface area contributed by atoms with Crippen molar-refractivity contribution in [1.82, 2.24) is 15.2 Å². The molecule has 0 aliphatic rings. The number of hydrazone groups is 1. The van der Waals surface area contributed by atoms with E-state index < -0.39 is 6.09 Å². The lowest BCUT2D eigenvalue weighted by Gasteiger charge is -1.99. The number of amides is 1. The molecule has 7 nitrogen and oxygen atoms in total. The summed E-state index contributed by atoms with van der Waals surface area (Å²) in [7, 11) is 0. The lowest BCUT2D eigenvalue weighted by molar-refractivity contribution is 0.152. The Bertz CT molecular complexity index is 716. The molecule has 1 amide bonds. The number of benzene rings is 1. The van der Waals surface area contributed by atoms with Gasteiger partial charge in [0.1, 0.15) is 5.69 Å². The monoisotopic (exact) mass is 311 g/mol. The molecule has 118 valence electrons. The molecule has 0 saturated carbocycles. The first-order valence-corrected chi connectivity index (χ1v) is 7.20. The molecule has 0 saturated heterocycles. The van der Waals surface area contributed by atoms with Crippen molar-refractivity contribution in [1.29, 1.82) is 5.26 Å². The Balaban J connectivity index is 2.22.